The molecule has 2 aromatic rings. The molecule has 2 atom stereocenters. The number of carboxylic acid groups (broad SMARTS) is 1. The van der Waals surface area contributed by atoms with Crippen molar-refractivity contribution in [2.75, 3.05) is 13.2 Å². The number of nitrogens with one attached hydrogen (secondary N) is 2. The molecule has 0 aromatic heterocycles. The Morgan fingerprint density at radius 1 is 1.03 bits per heavy atom. The zero-order valence-corrected chi connectivity index (χ0v) is 18.8. The molecule has 2 rings (SSSR count). The second-order valence-electron chi connectivity index (χ2n) is 7.26. The van der Waals surface area contributed by atoms with Crippen LogP contribution < -0.4 is 10.6 Å². The van der Waals surface area contributed by atoms with Gasteiger partial charge < -0.3 is 25.2 Å². The van der Waals surface area contributed by atoms with Gasteiger partial charge in [0.05, 0.1) is 18.0 Å². The summed E-state index contributed by atoms with van der Waals surface area (Å²) < 4.78 is 9.90. The second kappa shape index (κ2) is 13.3. The van der Waals surface area contributed by atoms with E-state index in [2.05, 4.69) is 10.6 Å². The SMILES string of the molecule is CCOC(=O)C[C@H](c1ccc([N+](=O)[O-])cc1)[C@@H](NC(=O)CNC(=O)OCc1ccccc1)C(=O)O. The highest BCUT2D eigenvalue weighted by molar-refractivity contribution is 5.87. The van der Waals surface area contributed by atoms with Crippen molar-refractivity contribution in [2.45, 2.75) is 31.9 Å². The van der Waals surface area contributed by atoms with Gasteiger partial charge in [0.15, 0.2) is 0 Å². The van der Waals surface area contributed by atoms with E-state index in [9.17, 15) is 34.4 Å². The second-order valence-corrected chi connectivity index (χ2v) is 7.26. The highest BCUT2D eigenvalue weighted by atomic mass is 16.6. The highest BCUT2D eigenvalue weighted by Gasteiger charge is 2.33. The van der Waals surface area contributed by atoms with E-state index >= 15 is 0 Å². The van der Waals surface area contributed by atoms with Crippen LogP contribution in [0.4, 0.5) is 10.5 Å². The molecule has 0 unspecified atom stereocenters. The quantitative estimate of drug-likeness (QED) is 0.230. The summed E-state index contributed by atoms with van der Waals surface area (Å²) in [5, 5.41) is 25.2. The number of nitro groups is 1. The van der Waals surface area contributed by atoms with Crippen molar-refractivity contribution >= 4 is 29.6 Å². The van der Waals surface area contributed by atoms with Crippen LogP contribution in [0.1, 0.15) is 30.4 Å². The van der Waals surface area contributed by atoms with E-state index in [4.69, 9.17) is 9.47 Å². The van der Waals surface area contributed by atoms with Crippen LogP contribution in [0.25, 0.3) is 0 Å². The van der Waals surface area contributed by atoms with Crippen molar-refractivity contribution in [2.24, 2.45) is 0 Å². The van der Waals surface area contributed by atoms with E-state index < -0.39 is 53.8 Å². The Labute approximate surface area is 200 Å². The minimum atomic E-state index is -1.59. The fourth-order valence-corrected chi connectivity index (χ4v) is 3.16. The molecule has 0 aliphatic heterocycles. The van der Waals surface area contributed by atoms with Gasteiger partial charge in [-0.05, 0) is 18.1 Å². The topological polar surface area (TPSA) is 174 Å². The summed E-state index contributed by atoms with van der Waals surface area (Å²) >= 11 is 0. The lowest BCUT2D eigenvalue weighted by Crippen LogP contribution is -2.49. The Balaban J connectivity index is 2.07. The number of alkyl carbamates (subject to hydrolysis) is 1. The molecule has 0 saturated heterocycles. The van der Waals surface area contributed by atoms with Gasteiger partial charge >= 0.3 is 18.0 Å². The molecule has 3 N–H and O–H groups in total. The molecule has 0 heterocycles. The normalized spacial score (nSPS) is 12.0. The van der Waals surface area contributed by atoms with Crippen LogP contribution in [0.2, 0.25) is 0 Å². The summed E-state index contributed by atoms with van der Waals surface area (Å²) in [4.78, 5) is 58.6. The number of carboxylic acids is 1. The Hall–Kier alpha value is -4.48. The van der Waals surface area contributed by atoms with Crippen LogP contribution in [0, 0.1) is 10.1 Å². The first kappa shape index (κ1) is 26.8. The first-order valence-corrected chi connectivity index (χ1v) is 10.6. The number of esters is 1. The van der Waals surface area contributed by atoms with Gasteiger partial charge in [0.2, 0.25) is 5.91 Å². The maximum absolute atomic E-state index is 12.4. The molecule has 0 radical (unpaired) electrons. The first-order valence-electron chi connectivity index (χ1n) is 10.6. The summed E-state index contributed by atoms with van der Waals surface area (Å²) in [5.74, 6) is -4.09. The Bertz CT molecular complexity index is 1040. The molecule has 35 heavy (non-hydrogen) atoms. The largest absolute Gasteiger partial charge is 0.480 e. The number of hydrogen-bond donors (Lipinski definition) is 3. The van der Waals surface area contributed by atoms with Gasteiger partial charge in [0.1, 0.15) is 19.2 Å². The number of ether oxygens (including phenoxy) is 2. The summed E-state index contributed by atoms with van der Waals surface area (Å²) in [6, 6.07) is 12.2. The van der Waals surface area contributed by atoms with Crippen molar-refractivity contribution in [1.82, 2.24) is 10.6 Å². The molecule has 2 amide bonds. The van der Waals surface area contributed by atoms with E-state index in [1.165, 1.54) is 24.3 Å². The molecule has 0 aliphatic rings. The number of rotatable bonds is 12. The van der Waals surface area contributed by atoms with Gasteiger partial charge in [-0.15, -0.1) is 0 Å². The lowest BCUT2D eigenvalue weighted by molar-refractivity contribution is -0.384. The monoisotopic (exact) mass is 487 g/mol. The molecule has 2 aromatic carbocycles. The average Bonchev–Trinajstić information content (AvgIpc) is 2.84. The fraction of sp³-hybridized carbons (Fsp3) is 0.304. The Kier molecular flexibility index (Phi) is 10.2. The van der Waals surface area contributed by atoms with Gasteiger partial charge in [-0.25, -0.2) is 9.59 Å². The predicted octanol–water partition coefficient (Wildman–Crippen LogP) is 2.13. The maximum Gasteiger partial charge on any atom is 0.407 e. The molecule has 0 aliphatic carbocycles. The summed E-state index contributed by atoms with van der Waals surface area (Å²) in [6.45, 7) is 1.04. The predicted molar refractivity (Wildman–Crippen MR) is 121 cm³/mol. The zero-order valence-electron chi connectivity index (χ0n) is 18.8. The van der Waals surface area contributed by atoms with Crippen LogP contribution in [0.5, 0.6) is 0 Å². The zero-order chi connectivity index (χ0) is 25.8. The third-order valence-electron chi connectivity index (χ3n) is 4.81. The number of nitro benzene ring substituents is 1. The third-order valence-corrected chi connectivity index (χ3v) is 4.81. The van der Waals surface area contributed by atoms with Gasteiger partial charge in [-0.2, -0.15) is 0 Å². The lowest BCUT2D eigenvalue weighted by Gasteiger charge is -2.25. The number of amides is 2. The number of carbonyl (C=O) groups excluding carboxylic acids is 3. The standard InChI is InChI=1S/C23H25N3O9/c1-2-34-20(28)12-18(16-8-10-17(11-9-16)26(32)33)21(22(29)30)25-19(27)13-24-23(31)35-14-15-6-4-3-5-7-15/h3-11,18,21H,2,12-14H2,1H3,(H,24,31)(H,25,27)(H,29,30)/t18-,21-/m1/s1. The average molecular weight is 487 g/mol. The lowest BCUT2D eigenvalue weighted by atomic mass is 9.88. The van der Waals surface area contributed by atoms with Gasteiger partial charge in [-0.1, -0.05) is 42.5 Å². The van der Waals surface area contributed by atoms with Crippen LogP contribution in [0.15, 0.2) is 54.6 Å². The molecular formula is C23H25N3O9. The van der Waals surface area contributed by atoms with E-state index in [1.807, 2.05) is 0 Å². The van der Waals surface area contributed by atoms with Gasteiger partial charge in [-0.3, -0.25) is 19.7 Å². The maximum atomic E-state index is 12.4. The third kappa shape index (κ3) is 8.76. The molecule has 186 valence electrons. The van der Waals surface area contributed by atoms with Crippen molar-refractivity contribution in [1.29, 1.82) is 0 Å². The van der Waals surface area contributed by atoms with E-state index in [0.717, 1.165) is 5.56 Å². The Morgan fingerprint density at radius 3 is 2.26 bits per heavy atom. The van der Waals surface area contributed by atoms with Crippen molar-refractivity contribution in [3.05, 3.63) is 75.8 Å². The van der Waals surface area contributed by atoms with Crippen LogP contribution in [0.3, 0.4) is 0 Å². The number of benzene rings is 2. The van der Waals surface area contributed by atoms with Gasteiger partial charge in [0, 0.05) is 18.1 Å². The summed E-state index contributed by atoms with van der Waals surface area (Å²) in [6.07, 6.45) is -1.29. The molecule has 0 spiro atoms. The number of non-ortho nitro benzene ring substituents is 1. The van der Waals surface area contributed by atoms with Crippen LogP contribution >= 0.6 is 0 Å². The Morgan fingerprint density at radius 2 is 1.69 bits per heavy atom. The highest BCUT2D eigenvalue weighted by Crippen LogP contribution is 2.27. The molecule has 0 bridgehead atoms. The molecular weight excluding hydrogens is 462 g/mol. The van der Waals surface area contributed by atoms with E-state index in [1.54, 1.807) is 37.3 Å². The van der Waals surface area contributed by atoms with Gasteiger partial charge in [0.25, 0.3) is 5.69 Å². The minimum absolute atomic E-state index is 0.0200. The summed E-state index contributed by atoms with van der Waals surface area (Å²) in [5.41, 5.74) is 0.785. The molecule has 0 saturated carbocycles. The minimum Gasteiger partial charge on any atom is -0.480 e. The molecule has 0 fully saturated rings. The number of carbonyl (C=O) groups is 4. The van der Waals surface area contributed by atoms with Crippen molar-refractivity contribution in [3.63, 3.8) is 0 Å². The van der Waals surface area contributed by atoms with Crippen molar-refractivity contribution in [3.8, 4) is 0 Å². The summed E-state index contributed by atoms with van der Waals surface area (Å²) in [7, 11) is 0. The van der Waals surface area contributed by atoms with Crippen LogP contribution in [-0.2, 0) is 30.5 Å². The number of aliphatic carboxylic acids is 1. The molecule has 12 nitrogen and oxygen atoms in total. The number of hydrogen-bond acceptors (Lipinski definition) is 8. The molecule has 12 heteroatoms. The van der Waals surface area contributed by atoms with Crippen molar-refractivity contribution < 1.29 is 38.7 Å². The van der Waals surface area contributed by atoms with E-state index in [-0.39, 0.29) is 24.5 Å². The van der Waals surface area contributed by atoms with Crippen LogP contribution in [-0.4, -0.2) is 53.2 Å². The first-order chi connectivity index (χ1) is 16.7. The van der Waals surface area contributed by atoms with E-state index in [0.29, 0.717) is 0 Å². The smallest absolute Gasteiger partial charge is 0.407 e. The number of nitrogens with zero attached hydrogens (tertiary/aromatic N) is 1. The fourth-order valence-electron chi connectivity index (χ4n) is 3.16.